The van der Waals surface area contributed by atoms with E-state index in [4.69, 9.17) is 4.74 Å². The first-order valence-corrected chi connectivity index (χ1v) is 11.0. The molecule has 3 heterocycles. The number of amides is 2. The van der Waals surface area contributed by atoms with Gasteiger partial charge in [-0.05, 0) is 50.2 Å². The molecule has 28 heavy (non-hydrogen) atoms. The molecule has 1 aromatic rings. The number of hydrogen-bond acceptors (Lipinski definition) is 3. The average Bonchev–Trinajstić information content (AvgIpc) is 3.37. The highest BCUT2D eigenvalue weighted by atomic mass is 16.5. The predicted octanol–water partition coefficient (Wildman–Crippen LogP) is 3.10. The highest BCUT2D eigenvalue weighted by Crippen LogP contribution is 2.41. The smallest absolute Gasteiger partial charge is 0.254 e. The first-order valence-electron chi connectivity index (χ1n) is 11.0. The number of likely N-dealkylation sites (tertiary alicyclic amines) is 2. The molecule has 2 amide bonds. The van der Waals surface area contributed by atoms with Gasteiger partial charge in [-0.3, -0.25) is 9.59 Å². The minimum atomic E-state index is -0.292. The molecule has 4 fully saturated rings. The Balaban J connectivity index is 1.39. The Hall–Kier alpha value is -1.88. The van der Waals surface area contributed by atoms with Crippen molar-refractivity contribution in [3.05, 3.63) is 35.9 Å². The van der Waals surface area contributed by atoms with Gasteiger partial charge < -0.3 is 14.5 Å². The lowest BCUT2D eigenvalue weighted by Crippen LogP contribution is -2.54. The summed E-state index contributed by atoms with van der Waals surface area (Å²) in [6.07, 6.45) is 7.71. The lowest BCUT2D eigenvalue weighted by molar-refractivity contribution is -0.138. The van der Waals surface area contributed by atoms with Crippen molar-refractivity contribution < 1.29 is 14.3 Å². The van der Waals surface area contributed by atoms with Crippen LogP contribution in [0.4, 0.5) is 0 Å². The molecule has 0 bridgehead atoms. The molecule has 0 aromatic heterocycles. The molecule has 5 nitrogen and oxygen atoms in total. The number of hydrogen-bond donors (Lipinski definition) is 0. The van der Waals surface area contributed by atoms with E-state index in [0.29, 0.717) is 23.5 Å². The lowest BCUT2D eigenvalue weighted by Gasteiger charge is -2.38. The van der Waals surface area contributed by atoms with Gasteiger partial charge in [0.05, 0.1) is 6.10 Å². The maximum absolute atomic E-state index is 13.6. The summed E-state index contributed by atoms with van der Waals surface area (Å²) < 4.78 is 5.80. The minimum absolute atomic E-state index is 0.0347. The Kier molecular flexibility index (Phi) is 4.87. The van der Waals surface area contributed by atoms with Crippen LogP contribution < -0.4 is 0 Å². The summed E-state index contributed by atoms with van der Waals surface area (Å²) in [7, 11) is 0. The van der Waals surface area contributed by atoms with Crippen LogP contribution in [0.5, 0.6) is 0 Å². The zero-order chi connectivity index (χ0) is 19.1. The van der Waals surface area contributed by atoms with Crippen molar-refractivity contribution in [2.45, 2.75) is 63.1 Å². The Labute approximate surface area is 167 Å². The second kappa shape index (κ2) is 7.51. The van der Waals surface area contributed by atoms with Crippen LogP contribution in [0.15, 0.2) is 30.3 Å². The van der Waals surface area contributed by atoms with Gasteiger partial charge in [-0.15, -0.1) is 0 Å². The Morgan fingerprint density at radius 2 is 1.79 bits per heavy atom. The van der Waals surface area contributed by atoms with Crippen LogP contribution in [0.1, 0.15) is 55.3 Å². The molecule has 0 spiro atoms. The topological polar surface area (TPSA) is 49.9 Å². The standard InChI is InChI=1S/C23H30N2O3/c26-22(16-6-2-1-3-7-16)25-19-9-5-4-8-17(19)14-20(25)23(27)24-12-10-21-18(15-24)11-13-28-21/h1-3,6-7,17-21H,4-5,8-15H2/t17?,18-,19?,20?,21+/m0/s1. The summed E-state index contributed by atoms with van der Waals surface area (Å²) in [4.78, 5) is 31.0. The summed E-state index contributed by atoms with van der Waals surface area (Å²) in [5.41, 5.74) is 0.703. The molecule has 1 aromatic carbocycles. The van der Waals surface area contributed by atoms with Gasteiger partial charge in [0.2, 0.25) is 5.91 Å². The van der Waals surface area contributed by atoms with Crippen LogP contribution in [0.2, 0.25) is 0 Å². The van der Waals surface area contributed by atoms with Crippen LogP contribution >= 0.6 is 0 Å². The SMILES string of the molecule is O=C(C1CC2CCCCC2N1C(=O)c1ccccc1)N1CC[C@H]2OCC[C@H]2C1. The monoisotopic (exact) mass is 382 g/mol. The van der Waals surface area contributed by atoms with Gasteiger partial charge >= 0.3 is 0 Å². The molecule has 3 aliphatic heterocycles. The fraction of sp³-hybridized carbons (Fsp3) is 0.652. The third-order valence-electron chi connectivity index (χ3n) is 7.42. The number of carbonyl (C=O) groups excluding carboxylic acids is 2. The van der Waals surface area contributed by atoms with E-state index in [1.165, 1.54) is 6.42 Å². The van der Waals surface area contributed by atoms with E-state index in [2.05, 4.69) is 0 Å². The first kappa shape index (κ1) is 18.2. The van der Waals surface area contributed by atoms with E-state index in [1.807, 2.05) is 40.1 Å². The summed E-state index contributed by atoms with van der Waals surface area (Å²) in [6.45, 7) is 2.38. The van der Waals surface area contributed by atoms with E-state index in [1.54, 1.807) is 0 Å². The van der Waals surface area contributed by atoms with Crippen molar-refractivity contribution in [1.82, 2.24) is 9.80 Å². The molecule has 3 saturated heterocycles. The number of piperidine rings is 1. The first-order chi connectivity index (χ1) is 13.7. The normalized spacial score (nSPS) is 34.8. The number of nitrogens with zero attached hydrogens (tertiary/aromatic N) is 2. The molecule has 3 unspecified atom stereocenters. The molecule has 5 rings (SSSR count). The van der Waals surface area contributed by atoms with Crippen LogP contribution in [0, 0.1) is 11.8 Å². The highest BCUT2D eigenvalue weighted by molar-refractivity contribution is 5.98. The Bertz CT molecular complexity index is 737. The number of carbonyl (C=O) groups is 2. The van der Waals surface area contributed by atoms with Crippen LogP contribution in [0.25, 0.3) is 0 Å². The third-order valence-corrected chi connectivity index (χ3v) is 7.42. The van der Waals surface area contributed by atoms with Gasteiger partial charge in [0.25, 0.3) is 5.91 Å². The number of ether oxygens (including phenoxy) is 1. The third kappa shape index (κ3) is 3.14. The lowest BCUT2D eigenvalue weighted by atomic mass is 9.84. The summed E-state index contributed by atoms with van der Waals surface area (Å²) in [6, 6.07) is 9.43. The fourth-order valence-electron chi connectivity index (χ4n) is 5.99. The summed E-state index contributed by atoms with van der Waals surface area (Å²) in [5, 5.41) is 0. The predicted molar refractivity (Wildman–Crippen MR) is 106 cm³/mol. The van der Waals surface area contributed by atoms with Crippen molar-refractivity contribution in [3.63, 3.8) is 0 Å². The Morgan fingerprint density at radius 1 is 0.964 bits per heavy atom. The van der Waals surface area contributed by atoms with Crippen molar-refractivity contribution in [2.24, 2.45) is 11.8 Å². The van der Waals surface area contributed by atoms with Gasteiger partial charge in [-0.25, -0.2) is 0 Å². The largest absolute Gasteiger partial charge is 0.378 e. The van der Waals surface area contributed by atoms with Gasteiger partial charge in [0, 0.05) is 37.2 Å². The molecule has 5 heteroatoms. The second-order valence-corrected chi connectivity index (χ2v) is 8.97. The fourth-order valence-corrected chi connectivity index (χ4v) is 5.99. The minimum Gasteiger partial charge on any atom is -0.378 e. The molecular weight excluding hydrogens is 352 g/mol. The van der Waals surface area contributed by atoms with E-state index in [-0.39, 0.29) is 23.9 Å². The van der Waals surface area contributed by atoms with Gasteiger partial charge in [0.1, 0.15) is 6.04 Å². The maximum Gasteiger partial charge on any atom is 0.254 e. The zero-order valence-corrected chi connectivity index (χ0v) is 16.5. The van der Waals surface area contributed by atoms with Crippen LogP contribution in [0.3, 0.4) is 0 Å². The van der Waals surface area contributed by atoms with Crippen molar-refractivity contribution in [3.8, 4) is 0 Å². The van der Waals surface area contributed by atoms with Crippen LogP contribution in [-0.4, -0.2) is 59.5 Å². The van der Waals surface area contributed by atoms with Crippen molar-refractivity contribution in [1.29, 1.82) is 0 Å². The van der Waals surface area contributed by atoms with E-state index < -0.39 is 0 Å². The zero-order valence-electron chi connectivity index (χ0n) is 16.5. The van der Waals surface area contributed by atoms with Crippen molar-refractivity contribution >= 4 is 11.8 Å². The average molecular weight is 383 g/mol. The number of benzene rings is 1. The van der Waals surface area contributed by atoms with Gasteiger partial charge in [0.15, 0.2) is 0 Å². The summed E-state index contributed by atoms with van der Waals surface area (Å²) in [5.74, 6) is 1.15. The second-order valence-electron chi connectivity index (χ2n) is 8.97. The van der Waals surface area contributed by atoms with Crippen LogP contribution in [-0.2, 0) is 9.53 Å². The molecule has 5 atom stereocenters. The van der Waals surface area contributed by atoms with E-state index in [0.717, 1.165) is 58.2 Å². The number of rotatable bonds is 2. The molecule has 1 aliphatic carbocycles. The van der Waals surface area contributed by atoms with E-state index in [9.17, 15) is 9.59 Å². The summed E-state index contributed by atoms with van der Waals surface area (Å²) >= 11 is 0. The molecule has 0 radical (unpaired) electrons. The van der Waals surface area contributed by atoms with Crippen molar-refractivity contribution in [2.75, 3.05) is 19.7 Å². The number of fused-ring (bicyclic) bond motifs is 2. The maximum atomic E-state index is 13.6. The van der Waals surface area contributed by atoms with Gasteiger partial charge in [-0.2, -0.15) is 0 Å². The van der Waals surface area contributed by atoms with E-state index >= 15 is 0 Å². The molecular formula is C23H30N2O3. The highest BCUT2D eigenvalue weighted by Gasteiger charge is 2.49. The molecule has 4 aliphatic rings. The van der Waals surface area contributed by atoms with Gasteiger partial charge in [-0.1, -0.05) is 31.0 Å². The molecule has 1 saturated carbocycles. The molecule has 0 N–H and O–H groups in total. The molecule has 150 valence electrons. The quantitative estimate of drug-likeness (QED) is 0.790. The Morgan fingerprint density at radius 3 is 2.64 bits per heavy atom.